The average Bonchev–Trinajstić information content (AvgIpc) is 2.70. The minimum Gasteiger partial charge on any atom is -0.378 e. The predicted molar refractivity (Wildman–Crippen MR) is 119 cm³/mol. The standard InChI is InChI=1S/C23H33N5O/c1-18-6-5-7-20(16-18)25-23(29)24-17-22(28-14-12-27(4)13-15-28)19-8-10-21(11-9-19)26(2)3/h5-11,16,22H,12-15,17H2,1-4H3,(H2,24,25,29)/p+2/t22-/m1/s1. The zero-order valence-electron chi connectivity index (χ0n) is 18.1. The van der Waals surface area contributed by atoms with Gasteiger partial charge in [-0.05, 0) is 36.8 Å². The number of carbonyl (C=O) groups excluding carboxylic acids is 1. The van der Waals surface area contributed by atoms with Crippen LogP contribution in [-0.2, 0) is 0 Å². The number of urea groups is 1. The number of nitrogens with one attached hydrogen (secondary N) is 4. The molecule has 6 heteroatoms. The first-order chi connectivity index (χ1) is 13.9. The molecule has 2 aromatic carbocycles. The van der Waals surface area contributed by atoms with Gasteiger partial charge in [0.2, 0.25) is 0 Å². The summed E-state index contributed by atoms with van der Waals surface area (Å²) < 4.78 is 0. The van der Waals surface area contributed by atoms with Gasteiger partial charge in [-0.1, -0.05) is 24.3 Å². The van der Waals surface area contributed by atoms with Gasteiger partial charge in [0, 0.05) is 31.0 Å². The molecule has 1 atom stereocenters. The Bertz CT molecular complexity index is 797. The van der Waals surface area contributed by atoms with Crippen molar-refractivity contribution in [2.45, 2.75) is 13.0 Å². The van der Waals surface area contributed by atoms with Gasteiger partial charge in [0.15, 0.2) is 0 Å². The molecule has 29 heavy (non-hydrogen) atoms. The van der Waals surface area contributed by atoms with Crippen molar-refractivity contribution >= 4 is 17.4 Å². The van der Waals surface area contributed by atoms with Gasteiger partial charge in [-0.2, -0.15) is 0 Å². The average molecular weight is 398 g/mol. The maximum absolute atomic E-state index is 12.5. The second-order valence-electron chi connectivity index (χ2n) is 8.36. The number of benzene rings is 2. The van der Waals surface area contributed by atoms with Crippen molar-refractivity contribution in [3.63, 3.8) is 0 Å². The lowest BCUT2D eigenvalue weighted by Crippen LogP contribution is -3.27. The molecular weight excluding hydrogens is 362 g/mol. The number of anilines is 2. The molecule has 2 amide bonds. The van der Waals surface area contributed by atoms with Crippen LogP contribution in [0.15, 0.2) is 48.5 Å². The van der Waals surface area contributed by atoms with Gasteiger partial charge in [-0.25, -0.2) is 4.79 Å². The van der Waals surface area contributed by atoms with Gasteiger partial charge < -0.3 is 25.3 Å². The van der Waals surface area contributed by atoms with Crippen molar-refractivity contribution in [1.29, 1.82) is 0 Å². The minimum atomic E-state index is -0.148. The lowest BCUT2D eigenvalue weighted by atomic mass is 10.0. The first-order valence-corrected chi connectivity index (χ1v) is 10.5. The maximum atomic E-state index is 12.5. The third kappa shape index (κ3) is 5.95. The van der Waals surface area contributed by atoms with Crippen molar-refractivity contribution in [3.8, 4) is 0 Å². The second kappa shape index (κ2) is 9.76. The van der Waals surface area contributed by atoms with E-state index in [2.05, 4.69) is 60.9 Å². The molecule has 3 rings (SSSR count). The van der Waals surface area contributed by atoms with E-state index in [4.69, 9.17) is 0 Å². The number of amides is 2. The van der Waals surface area contributed by atoms with Gasteiger partial charge in [0.1, 0.15) is 32.2 Å². The predicted octanol–water partition coefficient (Wildman–Crippen LogP) is 0.337. The highest BCUT2D eigenvalue weighted by molar-refractivity contribution is 5.89. The molecule has 1 heterocycles. The Labute approximate surface area is 174 Å². The molecule has 0 saturated carbocycles. The Morgan fingerprint density at radius 3 is 2.38 bits per heavy atom. The SMILES string of the molecule is Cc1cccc(NC(=O)NC[C@H](c2ccc(N(C)C)cc2)[NH+]2CC[NH+](C)CC2)c1. The number of hydrogen-bond donors (Lipinski definition) is 4. The molecular formula is C23H35N5O+2. The molecule has 0 spiro atoms. The smallest absolute Gasteiger partial charge is 0.319 e. The Balaban J connectivity index is 1.68. The summed E-state index contributed by atoms with van der Waals surface area (Å²) in [7, 11) is 6.36. The van der Waals surface area contributed by atoms with Crippen molar-refractivity contribution in [2.75, 3.05) is 64.1 Å². The first-order valence-electron chi connectivity index (χ1n) is 10.5. The summed E-state index contributed by atoms with van der Waals surface area (Å²) in [5.74, 6) is 0. The fraction of sp³-hybridized carbons (Fsp3) is 0.435. The number of hydrogen-bond acceptors (Lipinski definition) is 2. The van der Waals surface area contributed by atoms with Crippen LogP contribution in [0.1, 0.15) is 17.2 Å². The Kier molecular flexibility index (Phi) is 7.12. The van der Waals surface area contributed by atoms with Crippen molar-refractivity contribution < 1.29 is 14.6 Å². The molecule has 1 fully saturated rings. The number of piperazine rings is 1. The molecule has 156 valence electrons. The van der Waals surface area contributed by atoms with E-state index in [1.54, 1.807) is 9.80 Å². The van der Waals surface area contributed by atoms with E-state index in [9.17, 15) is 4.79 Å². The molecule has 4 N–H and O–H groups in total. The van der Waals surface area contributed by atoms with Crippen LogP contribution >= 0.6 is 0 Å². The van der Waals surface area contributed by atoms with Crippen molar-refractivity contribution in [1.82, 2.24) is 5.32 Å². The van der Waals surface area contributed by atoms with Gasteiger partial charge >= 0.3 is 6.03 Å². The molecule has 1 aliphatic rings. The van der Waals surface area contributed by atoms with Gasteiger partial charge in [-0.15, -0.1) is 0 Å². The minimum absolute atomic E-state index is 0.148. The highest BCUT2D eigenvalue weighted by Crippen LogP contribution is 2.16. The van der Waals surface area contributed by atoms with Gasteiger partial charge in [0.25, 0.3) is 0 Å². The van der Waals surface area contributed by atoms with E-state index in [0.29, 0.717) is 6.54 Å². The van der Waals surface area contributed by atoms with Crippen LogP contribution in [0.25, 0.3) is 0 Å². The summed E-state index contributed by atoms with van der Waals surface area (Å²) in [5, 5.41) is 6.06. The fourth-order valence-electron chi connectivity index (χ4n) is 3.94. The second-order valence-corrected chi connectivity index (χ2v) is 8.36. The zero-order chi connectivity index (χ0) is 20.8. The summed E-state index contributed by atoms with van der Waals surface area (Å²) in [6.07, 6.45) is 0. The number of quaternary nitrogens is 2. The Morgan fingerprint density at radius 2 is 1.76 bits per heavy atom. The van der Waals surface area contributed by atoms with Crippen LogP contribution < -0.4 is 25.3 Å². The number of carbonyl (C=O) groups is 1. The molecule has 6 nitrogen and oxygen atoms in total. The third-order valence-corrected chi connectivity index (χ3v) is 5.79. The number of nitrogens with zero attached hydrogens (tertiary/aromatic N) is 1. The van der Waals surface area contributed by atoms with E-state index in [-0.39, 0.29) is 12.1 Å². The van der Waals surface area contributed by atoms with Crippen LogP contribution in [0.2, 0.25) is 0 Å². The Hall–Kier alpha value is -2.57. The van der Waals surface area contributed by atoms with E-state index in [1.807, 2.05) is 31.2 Å². The van der Waals surface area contributed by atoms with Crippen LogP contribution in [0.4, 0.5) is 16.2 Å². The largest absolute Gasteiger partial charge is 0.378 e. The van der Waals surface area contributed by atoms with E-state index >= 15 is 0 Å². The monoisotopic (exact) mass is 397 g/mol. The van der Waals surface area contributed by atoms with Crippen molar-refractivity contribution in [2.24, 2.45) is 0 Å². The van der Waals surface area contributed by atoms with Crippen LogP contribution in [0.3, 0.4) is 0 Å². The van der Waals surface area contributed by atoms with Crippen molar-refractivity contribution in [3.05, 3.63) is 59.7 Å². The lowest BCUT2D eigenvalue weighted by Gasteiger charge is -2.33. The summed E-state index contributed by atoms with van der Waals surface area (Å²) >= 11 is 0. The van der Waals surface area contributed by atoms with E-state index < -0.39 is 0 Å². The Morgan fingerprint density at radius 1 is 1.07 bits per heavy atom. The number of likely N-dealkylation sites (N-methyl/N-ethyl adjacent to an activating group) is 1. The topological polar surface area (TPSA) is 53.2 Å². The molecule has 0 unspecified atom stereocenters. The third-order valence-electron chi connectivity index (χ3n) is 5.79. The molecule has 1 aliphatic heterocycles. The zero-order valence-corrected chi connectivity index (χ0v) is 18.1. The summed E-state index contributed by atoms with van der Waals surface area (Å²) in [6.45, 7) is 7.21. The first kappa shape index (κ1) is 21.1. The van der Waals surface area contributed by atoms with Gasteiger partial charge in [-0.3, -0.25) is 0 Å². The maximum Gasteiger partial charge on any atom is 0.319 e. The number of aryl methyl sites for hydroxylation is 1. The van der Waals surface area contributed by atoms with Gasteiger partial charge in [0.05, 0.1) is 13.6 Å². The molecule has 0 aliphatic carbocycles. The number of rotatable bonds is 6. The summed E-state index contributed by atoms with van der Waals surface area (Å²) in [4.78, 5) is 17.7. The fourth-order valence-corrected chi connectivity index (χ4v) is 3.94. The molecule has 0 aromatic heterocycles. The lowest BCUT2D eigenvalue weighted by molar-refractivity contribution is -1.02. The quantitative estimate of drug-likeness (QED) is 0.568. The highest BCUT2D eigenvalue weighted by Gasteiger charge is 2.29. The molecule has 0 radical (unpaired) electrons. The molecule has 1 saturated heterocycles. The van der Waals surface area contributed by atoms with Crippen LogP contribution in [-0.4, -0.2) is 59.9 Å². The van der Waals surface area contributed by atoms with Crippen LogP contribution in [0.5, 0.6) is 0 Å². The van der Waals surface area contributed by atoms with E-state index in [1.165, 1.54) is 11.3 Å². The molecule has 0 bridgehead atoms. The van der Waals surface area contributed by atoms with E-state index in [0.717, 1.165) is 37.4 Å². The summed E-state index contributed by atoms with van der Waals surface area (Å²) in [6, 6.07) is 16.7. The highest BCUT2D eigenvalue weighted by atomic mass is 16.2. The van der Waals surface area contributed by atoms with Crippen LogP contribution in [0, 0.1) is 6.92 Å². The summed E-state index contributed by atoms with van der Waals surface area (Å²) in [5.41, 5.74) is 4.42. The normalized spacial score (nSPS) is 20.0. The molecule has 2 aromatic rings.